The summed E-state index contributed by atoms with van der Waals surface area (Å²) in [6, 6.07) is 12.7. The molecule has 0 bridgehead atoms. The molecule has 2 aliphatic rings. The van der Waals surface area contributed by atoms with E-state index in [9.17, 15) is 0 Å². The van der Waals surface area contributed by atoms with E-state index >= 15 is 0 Å². The number of piperidine rings is 1. The minimum absolute atomic E-state index is 0.304. The van der Waals surface area contributed by atoms with E-state index in [2.05, 4.69) is 63.0 Å². The SMILES string of the molecule is C=N/C(Oc1c(C)ccc2c(NC[C@@H]3CCOC3)cccc12)=C(\C=C/C)c1ccnc(N[C@H]2CCCNC2)n1. The summed E-state index contributed by atoms with van der Waals surface area (Å²) in [5.41, 5.74) is 3.56. The highest BCUT2D eigenvalue weighted by Crippen LogP contribution is 2.36. The van der Waals surface area contributed by atoms with E-state index in [1.807, 2.05) is 32.1 Å². The zero-order chi connectivity index (χ0) is 27.0. The number of fused-ring (bicyclic) bond motifs is 1. The van der Waals surface area contributed by atoms with Crippen molar-refractivity contribution in [3.63, 3.8) is 0 Å². The first kappa shape index (κ1) is 26.8. The third kappa shape index (κ3) is 6.46. The van der Waals surface area contributed by atoms with Gasteiger partial charge in [0.05, 0.1) is 17.9 Å². The highest BCUT2D eigenvalue weighted by molar-refractivity contribution is 5.98. The van der Waals surface area contributed by atoms with Gasteiger partial charge >= 0.3 is 0 Å². The van der Waals surface area contributed by atoms with Gasteiger partial charge < -0.3 is 25.4 Å². The maximum atomic E-state index is 6.56. The molecule has 1 aromatic heterocycles. The summed E-state index contributed by atoms with van der Waals surface area (Å²) in [7, 11) is 0. The molecule has 2 aromatic carbocycles. The van der Waals surface area contributed by atoms with E-state index in [-0.39, 0.29) is 0 Å². The van der Waals surface area contributed by atoms with Crippen LogP contribution in [0.4, 0.5) is 11.6 Å². The van der Waals surface area contributed by atoms with Gasteiger partial charge in [0.1, 0.15) is 5.75 Å². The Morgan fingerprint density at radius 3 is 2.92 bits per heavy atom. The van der Waals surface area contributed by atoms with Crippen molar-refractivity contribution in [1.82, 2.24) is 15.3 Å². The fourth-order valence-electron chi connectivity index (χ4n) is 5.17. The highest BCUT2D eigenvalue weighted by atomic mass is 16.5. The van der Waals surface area contributed by atoms with Crippen molar-refractivity contribution in [2.24, 2.45) is 10.9 Å². The Bertz CT molecular complexity index is 1360. The summed E-state index contributed by atoms with van der Waals surface area (Å²) in [4.78, 5) is 13.6. The molecule has 0 aliphatic carbocycles. The number of hydrogen-bond acceptors (Lipinski definition) is 8. The molecule has 0 unspecified atom stereocenters. The van der Waals surface area contributed by atoms with Crippen molar-refractivity contribution in [3.05, 3.63) is 71.9 Å². The van der Waals surface area contributed by atoms with Crippen LogP contribution >= 0.6 is 0 Å². The second-order valence-corrected chi connectivity index (χ2v) is 10.2. The van der Waals surface area contributed by atoms with Gasteiger partial charge in [-0.1, -0.05) is 36.4 Å². The van der Waals surface area contributed by atoms with Crippen LogP contribution in [-0.2, 0) is 4.74 Å². The Hall–Kier alpha value is -3.75. The molecule has 204 valence electrons. The molecule has 3 aromatic rings. The topological polar surface area (TPSA) is 92.7 Å². The molecule has 3 heterocycles. The molecular weight excluding hydrogens is 488 g/mol. The van der Waals surface area contributed by atoms with Crippen LogP contribution in [0.25, 0.3) is 16.3 Å². The molecule has 2 atom stereocenters. The quantitative estimate of drug-likeness (QED) is 0.181. The van der Waals surface area contributed by atoms with Gasteiger partial charge in [0.15, 0.2) is 0 Å². The molecule has 8 heteroatoms. The standard InChI is InChI=1S/C31H38N6O2/c1-4-7-26(28-13-16-34-31(37-28)36-23-8-6-15-33-19-23)30(32-3)39-29-21(2)11-12-24-25(29)9-5-10-27(24)35-18-22-14-17-38-20-22/h4-5,7,9-13,16,22-23,33,35H,3,6,8,14-15,17-20H2,1-2H3,(H,34,36,37)/b7-4-,30-26-/t22-,23-/m0/s1. The van der Waals surface area contributed by atoms with Gasteiger partial charge in [-0.05, 0) is 64.1 Å². The van der Waals surface area contributed by atoms with E-state index < -0.39 is 0 Å². The van der Waals surface area contributed by atoms with Gasteiger partial charge in [-0.2, -0.15) is 0 Å². The zero-order valence-electron chi connectivity index (χ0n) is 22.9. The predicted octanol–water partition coefficient (Wildman–Crippen LogP) is 5.57. The van der Waals surface area contributed by atoms with Gasteiger partial charge in [0.25, 0.3) is 0 Å². The number of aryl methyl sites for hydroxylation is 1. The third-order valence-electron chi connectivity index (χ3n) is 7.28. The van der Waals surface area contributed by atoms with E-state index in [1.165, 1.54) is 0 Å². The number of anilines is 2. The zero-order valence-corrected chi connectivity index (χ0v) is 22.9. The number of benzene rings is 2. The van der Waals surface area contributed by atoms with E-state index in [0.29, 0.717) is 23.8 Å². The van der Waals surface area contributed by atoms with Crippen LogP contribution in [0.1, 0.15) is 37.4 Å². The number of aromatic nitrogens is 2. The summed E-state index contributed by atoms with van der Waals surface area (Å²) >= 11 is 0. The fraction of sp³-hybridized carbons (Fsp3) is 0.387. The molecule has 2 saturated heterocycles. The van der Waals surface area contributed by atoms with Crippen LogP contribution in [0, 0.1) is 12.8 Å². The van der Waals surface area contributed by atoms with Crippen LogP contribution in [0.2, 0.25) is 0 Å². The van der Waals surface area contributed by atoms with Gasteiger partial charge in [0.2, 0.25) is 11.8 Å². The maximum Gasteiger partial charge on any atom is 0.228 e. The van der Waals surface area contributed by atoms with Gasteiger partial charge in [-0.3, -0.25) is 0 Å². The molecule has 2 fully saturated rings. The summed E-state index contributed by atoms with van der Waals surface area (Å²) in [6.07, 6.45) is 8.99. The van der Waals surface area contributed by atoms with Crippen molar-refractivity contribution in [2.45, 2.75) is 39.2 Å². The van der Waals surface area contributed by atoms with Crippen LogP contribution in [-0.4, -0.2) is 55.6 Å². The molecule has 2 aliphatic heterocycles. The van der Waals surface area contributed by atoms with Crippen molar-refractivity contribution in [3.8, 4) is 5.75 Å². The Kier molecular flexibility index (Phi) is 8.85. The molecule has 0 saturated carbocycles. The lowest BCUT2D eigenvalue weighted by Gasteiger charge is -2.23. The second kappa shape index (κ2) is 12.9. The summed E-state index contributed by atoms with van der Waals surface area (Å²) < 4.78 is 12.1. The minimum Gasteiger partial charge on any atom is -0.437 e. The van der Waals surface area contributed by atoms with Crippen molar-refractivity contribution < 1.29 is 9.47 Å². The van der Waals surface area contributed by atoms with E-state index in [1.54, 1.807) is 6.20 Å². The number of hydrogen-bond donors (Lipinski definition) is 3. The minimum atomic E-state index is 0.304. The third-order valence-corrected chi connectivity index (χ3v) is 7.28. The lowest BCUT2D eigenvalue weighted by molar-refractivity contribution is 0.187. The molecule has 0 amide bonds. The first-order valence-corrected chi connectivity index (χ1v) is 13.8. The highest BCUT2D eigenvalue weighted by Gasteiger charge is 2.19. The van der Waals surface area contributed by atoms with Crippen molar-refractivity contribution in [1.29, 1.82) is 0 Å². The molecule has 5 rings (SSSR count). The molecule has 8 nitrogen and oxygen atoms in total. The number of allylic oxidation sites excluding steroid dienone is 3. The Morgan fingerprint density at radius 2 is 2.15 bits per heavy atom. The van der Waals surface area contributed by atoms with E-state index in [0.717, 1.165) is 91.2 Å². The Morgan fingerprint density at radius 1 is 1.23 bits per heavy atom. The van der Waals surface area contributed by atoms with Crippen molar-refractivity contribution >= 4 is 34.7 Å². The summed E-state index contributed by atoms with van der Waals surface area (Å²) in [5, 5.41) is 12.6. The average Bonchev–Trinajstić information content (AvgIpc) is 3.49. The Labute approximate surface area is 230 Å². The maximum absolute atomic E-state index is 6.56. The van der Waals surface area contributed by atoms with Crippen LogP contribution in [0.15, 0.2) is 65.6 Å². The predicted molar refractivity (Wildman–Crippen MR) is 160 cm³/mol. The second-order valence-electron chi connectivity index (χ2n) is 10.2. The molecule has 3 N–H and O–H groups in total. The monoisotopic (exact) mass is 526 g/mol. The lowest BCUT2D eigenvalue weighted by Crippen LogP contribution is -2.38. The Balaban J connectivity index is 1.46. The van der Waals surface area contributed by atoms with Gasteiger partial charge in [-0.25, -0.2) is 15.0 Å². The van der Waals surface area contributed by atoms with E-state index in [4.69, 9.17) is 14.5 Å². The van der Waals surface area contributed by atoms with Crippen molar-refractivity contribution in [2.75, 3.05) is 43.5 Å². The van der Waals surface area contributed by atoms with Crippen LogP contribution in [0.3, 0.4) is 0 Å². The number of ether oxygens (including phenoxy) is 2. The molecular formula is C31H38N6O2. The summed E-state index contributed by atoms with van der Waals surface area (Å²) in [5.74, 6) is 2.28. The number of rotatable bonds is 10. The average molecular weight is 527 g/mol. The summed E-state index contributed by atoms with van der Waals surface area (Å²) in [6.45, 7) is 12.4. The fourth-order valence-corrected chi connectivity index (χ4v) is 5.17. The largest absolute Gasteiger partial charge is 0.437 e. The normalized spacial score (nSPS) is 20.2. The van der Waals surface area contributed by atoms with Gasteiger partial charge in [0, 0.05) is 54.3 Å². The molecule has 39 heavy (non-hydrogen) atoms. The smallest absolute Gasteiger partial charge is 0.228 e. The number of nitrogens with zero attached hydrogens (tertiary/aromatic N) is 3. The van der Waals surface area contributed by atoms with Crippen LogP contribution < -0.4 is 20.7 Å². The number of aliphatic imine (C=N–C) groups is 1. The lowest BCUT2D eigenvalue weighted by atomic mass is 10.0. The van der Waals surface area contributed by atoms with Crippen LogP contribution in [0.5, 0.6) is 5.75 Å². The molecule has 0 spiro atoms. The first-order chi connectivity index (χ1) is 19.2. The number of nitrogens with one attached hydrogen (secondary N) is 3. The first-order valence-electron chi connectivity index (χ1n) is 13.8. The van der Waals surface area contributed by atoms with Gasteiger partial charge in [-0.15, -0.1) is 0 Å². The molecule has 0 radical (unpaired) electrons.